The van der Waals surface area contributed by atoms with Crippen molar-refractivity contribution in [1.29, 1.82) is 0 Å². The molecule has 0 aromatic carbocycles. The SMILES string of the molecule is Cn1cnc2c1c(=O)n(CO)c(=O)n2C. The molecule has 2 aromatic heterocycles. The van der Waals surface area contributed by atoms with Gasteiger partial charge in [-0.2, -0.15) is 0 Å². The average molecular weight is 210 g/mol. The van der Waals surface area contributed by atoms with Gasteiger partial charge in [0.2, 0.25) is 0 Å². The maximum Gasteiger partial charge on any atom is 0.334 e. The van der Waals surface area contributed by atoms with E-state index in [0.29, 0.717) is 11.2 Å². The molecular weight excluding hydrogens is 200 g/mol. The molecule has 2 heterocycles. The summed E-state index contributed by atoms with van der Waals surface area (Å²) in [6.07, 6.45) is 1.45. The smallest absolute Gasteiger partial charge is 0.334 e. The molecule has 15 heavy (non-hydrogen) atoms. The van der Waals surface area contributed by atoms with E-state index in [2.05, 4.69) is 4.98 Å². The first-order chi connectivity index (χ1) is 7.07. The van der Waals surface area contributed by atoms with Gasteiger partial charge in [0.05, 0.1) is 6.33 Å². The number of imidazole rings is 1. The Hall–Kier alpha value is -1.89. The van der Waals surface area contributed by atoms with Crippen LogP contribution >= 0.6 is 0 Å². The average Bonchev–Trinajstić information content (AvgIpc) is 2.58. The second-order valence-electron chi connectivity index (χ2n) is 3.24. The van der Waals surface area contributed by atoms with Gasteiger partial charge in [0.1, 0.15) is 6.73 Å². The number of aryl methyl sites for hydroxylation is 2. The van der Waals surface area contributed by atoms with Crippen molar-refractivity contribution in [2.24, 2.45) is 14.1 Å². The van der Waals surface area contributed by atoms with Crippen molar-refractivity contribution in [3.63, 3.8) is 0 Å². The lowest BCUT2D eigenvalue weighted by Crippen LogP contribution is -2.39. The molecule has 0 unspecified atom stereocenters. The van der Waals surface area contributed by atoms with Gasteiger partial charge in [-0.1, -0.05) is 0 Å². The van der Waals surface area contributed by atoms with Crippen molar-refractivity contribution >= 4 is 11.2 Å². The molecule has 2 rings (SSSR count). The zero-order chi connectivity index (χ0) is 11.2. The Morgan fingerprint density at radius 1 is 1.40 bits per heavy atom. The first kappa shape index (κ1) is 9.66. The van der Waals surface area contributed by atoms with Gasteiger partial charge in [0.25, 0.3) is 5.56 Å². The summed E-state index contributed by atoms with van der Waals surface area (Å²) in [4.78, 5) is 27.2. The van der Waals surface area contributed by atoms with E-state index in [-0.39, 0.29) is 0 Å². The zero-order valence-corrected chi connectivity index (χ0v) is 8.34. The Labute approximate surface area is 83.8 Å². The fourth-order valence-electron chi connectivity index (χ4n) is 1.52. The normalized spacial score (nSPS) is 11.1. The van der Waals surface area contributed by atoms with Crippen molar-refractivity contribution in [1.82, 2.24) is 18.7 Å². The Kier molecular flexibility index (Phi) is 1.97. The Balaban J connectivity index is 3.13. The lowest BCUT2D eigenvalue weighted by molar-refractivity contribution is 0.199. The molecule has 1 N–H and O–H groups in total. The van der Waals surface area contributed by atoms with Gasteiger partial charge in [-0.3, -0.25) is 9.36 Å². The number of aromatic nitrogens is 4. The van der Waals surface area contributed by atoms with E-state index in [1.54, 1.807) is 7.05 Å². The maximum atomic E-state index is 11.7. The van der Waals surface area contributed by atoms with Crippen LogP contribution in [0.3, 0.4) is 0 Å². The van der Waals surface area contributed by atoms with E-state index in [9.17, 15) is 9.59 Å². The number of rotatable bonds is 1. The van der Waals surface area contributed by atoms with Crippen LogP contribution in [0.25, 0.3) is 11.2 Å². The second kappa shape index (κ2) is 3.06. The molecule has 0 radical (unpaired) electrons. The van der Waals surface area contributed by atoms with Crippen LogP contribution in [0, 0.1) is 0 Å². The number of aliphatic hydroxyl groups is 1. The Morgan fingerprint density at radius 3 is 2.67 bits per heavy atom. The summed E-state index contributed by atoms with van der Waals surface area (Å²) in [6.45, 7) is -0.632. The van der Waals surface area contributed by atoms with Gasteiger partial charge in [-0.05, 0) is 0 Å². The van der Waals surface area contributed by atoms with Gasteiger partial charge < -0.3 is 9.67 Å². The number of fused-ring (bicyclic) bond motifs is 1. The molecule has 0 aliphatic rings. The van der Waals surface area contributed by atoms with E-state index in [4.69, 9.17) is 5.11 Å². The fraction of sp³-hybridized carbons (Fsp3) is 0.375. The first-order valence-corrected chi connectivity index (χ1v) is 4.29. The van der Waals surface area contributed by atoms with Crippen molar-refractivity contribution in [2.45, 2.75) is 6.73 Å². The summed E-state index contributed by atoms with van der Waals surface area (Å²) in [7, 11) is 3.16. The molecule has 0 amide bonds. The molecular formula is C8H10N4O3. The maximum absolute atomic E-state index is 11.7. The van der Waals surface area contributed by atoms with Crippen LogP contribution in [0.4, 0.5) is 0 Å². The van der Waals surface area contributed by atoms with Crippen molar-refractivity contribution < 1.29 is 5.11 Å². The van der Waals surface area contributed by atoms with E-state index >= 15 is 0 Å². The molecule has 7 nitrogen and oxygen atoms in total. The summed E-state index contributed by atoms with van der Waals surface area (Å²) in [5.41, 5.74) is -0.493. The molecule has 0 aliphatic heterocycles. The van der Waals surface area contributed by atoms with Gasteiger partial charge >= 0.3 is 5.69 Å². The minimum atomic E-state index is -0.632. The third-order valence-electron chi connectivity index (χ3n) is 2.34. The summed E-state index contributed by atoms with van der Waals surface area (Å²) in [5.74, 6) is 0. The first-order valence-electron chi connectivity index (χ1n) is 4.29. The van der Waals surface area contributed by atoms with E-state index < -0.39 is 18.0 Å². The molecule has 0 atom stereocenters. The highest BCUT2D eigenvalue weighted by Crippen LogP contribution is 2.02. The van der Waals surface area contributed by atoms with Crippen LogP contribution in [0.5, 0.6) is 0 Å². The topological polar surface area (TPSA) is 82.1 Å². The standard InChI is InChI=1S/C8H10N4O3/c1-10-3-9-6-5(10)7(14)12(4-13)8(15)11(6)2/h3,13H,4H2,1-2H3. The number of hydrogen-bond donors (Lipinski definition) is 1. The third kappa shape index (κ3) is 1.13. The van der Waals surface area contributed by atoms with Crippen LogP contribution in [0.2, 0.25) is 0 Å². The third-order valence-corrected chi connectivity index (χ3v) is 2.34. The highest BCUT2D eigenvalue weighted by atomic mass is 16.3. The second-order valence-corrected chi connectivity index (χ2v) is 3.24. The lowest BCUT2D eigenvalue weighted by Gasteiger charge is -2.04. The van der Waals surface area contributed by atoms with Crippen LogP contribution in [-0.2, 0) is 20.8 Å². The number of hydrogen-bond acceptors (Lipinski definition) is 4. The summed E-state index contributed by atoms with van der Waals surface area (Å²) < 4.78 is 3.50. The highest BCUT2D eigenvalue weighted by Gasteiger charge is 2.13. The van der Waals surface area contributed by atoms with Crippen molar-refractivity contribution in [2.75, 3.05) is 0 Å². The fourth-order valence-corrected chi connectivity index (χ4v) is 1.52. The lowest BCUT2D eigenvalue weighted by atomic mass is 10.5. The molecule has 0 fully saturated rings. The van der Waals surface area contributed by atoms with Crippen molar-refractivity contribution in [3.8, 4) is 0 Å². The van der Waals surface area contributed by atoms with Crippen LogP contribution in [0.1, 0.15) is 0 Å². The summed E-state index contributed by atoms with van der Waals surface area (Å²) in [6, 6.07) is 0. The molecule has 0 aliphatic carbocycles. The Morgan fingerprint density at radius 2 is 2.07 bits per heavy atom. The monoisotopic (exact) mass is 210 g/mol. The van der Waals surface area contributed by atoms with Gasteiger partial charge in [0, 0.05) is 14.1 Å². The zero-order valence-electron chi connectivity index (χ0n) is 8.34. The molecule has 0 saturated carbocycles. The molecule has 2 aromatic rings. The molecule has 0 saturated heterocycles. The number of aliphatic hydroxyl groups excluding tert-OH is 1. The largest absolute Gasteiger partial charge is 0.376 e. The minimum absolute atomic E-state index is 0.297. The van der Waals surface area contributed by atoms with Gasteiger partial charge in [0.15, 0.2) is 11.2 Å². The molecule has 0 spiro atoms. The molecule has 80 valence electrons. The van der Waals surface area contributed by atoms with Gasteiger partial charge in [-0.15, -0.1) is 0 Å². The summed E-state index contributed by atoms with van der Waals surface area (Å²) >= 11 is 0. The minimum Gasteiger partial charge on any atom is -0.376 e. The van der Waals surface area contributed by atoms with Crippen LogP contribution < -0.4 is 11.2 Å². The van der Waals surface area contributed by atoms with Gasteiger partial charge in [-0.25, -0.2) is 14.3 Å². The van der Waals surface area contributed by atoms with Crippen LogP contribution in [-0.4, -0.2) is 23.8 Å². The number of nitrogens with zero attached hydrogens (tertiary/aromatic N) is 4. The van der Waals surface area contributed by atoms with Crippen molar-refractivity contribution in [3.05, 3.63) is 27.2 Å². The van der Waals surface area contributed by atoms with E-state index in [1.165, 1.54) is 22.5 Å². The quantitative estimate of drug-likeness (QED) is 0.613. The highest BCUT2D eigenvalue weighted by molar-refractivity contribution is 5.69. The van der Waals surface area contributed by atoms with E-state index in [0.717, 1.165) is 4.57 Å². The summed E-state index contributed by atoms with van der Waals surface area (Å²) in [5, 5.41) is 8.93. The van der Waals surface area contributed by atoms with Crippen LogP contribution in [0.15, 0.2) is 15.9 Å². The Bertz CT molecular complexity index is 634. The molecule has 7 heteroatoms. The molecule has 0 bridgehead atoms. The predicted molar refractivity (Wildman–Crippen MR) is 52.4 cm³/mol. The predicted octanol–water partition coefficient (Wildman–Crippen LogP) is -1.62. The van der Waals surface area contributed by atoms with E-state index in [1.807, 2.05) is 0 Å².